The van der Waals surface area contributed by atoms with Crippen LogP contribution in [0.1, 0.15) is 200 Å². The lowest BCUT2D eigenvalue weighted by Gasteiger charge is -2.25. The third-order valence-corrected chi connectivity index (χ3v) is 12.2. The van der Waals surface area contributed by atoms with Crippen molar-refractivity contribution >= 4 is 13.7 Å². The van der Waals surface area contributed by atoms with E-state index in [1.165, 1.54) is 89.9 Å². The second-order valence-corrected chi connectivity index (χ2v) is 20.3. The number of phosphoric ester groups is 1. The molecule has 3 N–H and O–H groups in total. The Labute approximate surface area is 412 Å². The molecule has 0 aromatic rings. The van der Waals surface area contributed by atoms with Gasteiger partial charge in [-0.15, -0.1) is 0 Å². The standard InChI is InChI=1S/C58H101N2O6P/c1-6-8-10-12-13-14-15-16-17-18-19-20-21-22-23-24-25-26-27-28-29-30-31-32-33-34-35-36-37-38-39-40-41-42-43-44-45-46-47-48-50-52-58(62)59-56(57(61)51-49-11-9-7-2)55-66-67(63,64)65-54-53-60(3,4)5/h8,10,13-14,16-17,19-20,22-23,25-26,28-29,31-32,49,51,56-57,61H,6-7,9,11-12,15,18,21,24,27,30,33-48,50,52-55H2,1-5H3,(H-,59,62,63,64)/p+1/b10-8-,14-13-,17-16-,20-19-,23-22-,26-25-,29-28-,32-31-,51-49+. The molecule has 384 valence electrons. The van der Waals surface area contributed by atoms with Crippen LogP contribution in [0.2, 0.25) is 0 Å². The molecule has 3 unspecified atom stereocenters. The summed E-state index contributed by atoms with van der Waals surface area (Å²) in [6, 6.07) is -0.846. The van der Waals surface area contributed by atoms with Gasteiger partial charge in [0.1, 0.15) is 13.2 Å². The molecule has 0 saturated carbocycles. The van der Waals surface area contributed by atoms with Crippen LogP contribution in [0.15, 0.2) is 109 Å². The molecular weight excluding hydrogens is 852 g/mol. The summed E-state index contributed by atoms with van der Waals surface area (Å²) < 4.78 is 23.3. The number of likely N-dealkylation sites (N-methyl/N-ethyl adjacent to an activating group) is 1. The van der Waals surface area contributed by atoms with E-state index in [-0.39, 0.29) is 19.1 Å². The number of hydrogen-bond acceptors (Lipinski definition) is 5. The summed E-state index contributed by atoms with van der Waals surface area (Å²) in [6.45, 7) is 4.53. The molecular formula is C58H102N2O6P+. The quantitative estimate of drug-likeness (QED) is 0.0243. The molecule has 0 aliphatic rings. The summed E-state index contributed by atoms with van der Waals surface area (Å²) in [4.78, 5) is 22.9. The lowest BCUT2D eigenvalue weighted by atomic mass is 10.0. The first-order valence-electron chi connectivity index (χ1n) is 26.8. The summed E-state index contributed by atoms with van der Waals surface area (Å²) in [5.74, 6) is -0.190. The van der Waals surface area contributed by atoms with Crippen LogP contribution in [0.25, 0.3) is 0 Å². The smallest absolute Gasteiger partial charge is 0.387 e. The van der Waals surface area contributed by atoms with Gasteiger partial charge in [-0.25, -0.2) is 4.57 Å². The topological polar surface area (TPSA) is 105 Å². The zero-order valence-electron chi connectivity index (χ0n) is 43.6. The van der Waals surface area contributed by atoms with Gasteiger partial charge < -0.3 is 19.8 Å². The van der Waals surface area contributed by atoms with Gasteiger partial charge in [-0.1, -0.05) is 226 Å². The first kappa shape index (κ1) is 64.2. The van der Waals surface area contributed by atoms with Crippen LogP contribution in [0, 0.1) is 0 Å². The third kappa shape index (κ3) is 50.9. The molecule has 0 aromatic heterocycles. The average Bonchev–Trinajstić information content (AvgIpc) is 3.29. The predicted molar refractivity (Wildman–Crippen MR) is 290 cm³/mol. The fourth-order valence-electron chi connectivity index (χ4n) is 7.04. The van der Waals surface area contributed by atoms with Gasteiger partial charge in [0.2, 0.25) is 5.91 Å². The Bertz CT molecular complexity index is 1450. The maximum atomic E-state index is 12.8. The molecule has 0 aliphatic heterocycles. The number of quaternary nitrogens is 1. The summed E-state index contributed by atoms with van der Waals surface area (Å²) in [5.41, 5.74) is 0. The van der Waals surface area contributed by atoms with Crippen molar-refractivity contribution in [2.75, 3.05) is 40.9 Å². The van der Waals surface area contributed by atoms with Crippen molar-refractivity contribution in [1.29, 1.82) is 0 Å². The van der Waals surface area contributed by atoms with Crippen molar-refractivity contribution in [1.82, 2.24) is 5.32 Å². The molecule has 0 aromatic carbocycles. The number of unbranched alkanes of at least 4 members (excludes halogenated alkanes) is 18. The minimum atomic E-state index is -4.32. The zero-order chi connectivity index (χ0) is 49.2. The van der Waals surface area contributed by atoms with E-state index in [1.807, 2.05) is 27.2 Å². The van der Waals surface area contributed by atoms with E-state index >= 15 is 0 Å². The number of aliphatic hydroxyl groups excluding tert-OH is 1. The molecule has 0 bridgehead atoms. The fourth-order valence-corrected chi connectivity index (χ4v) is 7.78. The van der Waals surface area contributed by atoms with E-state index in [0.717, 1.165) is 89.9 Å². The van der Waals surface area contributed by atoms with Crippen LogP contribution in [-0.2, 0) is 18.4 Å². The van der Waals surface area contributed by atoms with Crippen molar-refractivity contribution in [2.45, 2.75) is 212 Å². The Hall–Kier alpha value is -2.84. The Kier molecular flexibility index (Phi) is 46.2. The summed E-state index contributed by atoms with van der Waals surface area (Å²) >= 11 is 0. The Balaban J connectivity index is 3.78. The fraction of sp³-hybridized carbons (Fsp3) is 0.672. The highest BCUT2D eigenvalue weighted by Gasteiger charge is 2.27. The van der Waals surface area contributed by atoms with Crippen molar-refractivity contribution in [3.63, 3.8) is 0 Å². The molecule has 0 radical (unpaired) electrons. The van der Waals surface area contributed by atoms with Crippen LogP contribution in [-0.4, -0.2) is 73.4 Å². The van der Waals surface area contributed by atoms with E-state index in [0.29, 0.717) is 17.4 Å². The first-order chi connectivity index (χ1) is 32.5. The number of amides is 1. The molecule has 3 atom stereocenters. The first-order valence-corrected chi connectivity index (χ1v) is 28.3. The highest BCUT2D eigenvalue weighted by atomic mass is 31.2. The van der Waals surface area contributed by atoms with E-state index < -0.39 is 20.0 Å². The zero-order valence-corrected chi connectivity index (χ0v) is 44.5. The normalized spacial score (nSPS) is 14.9. The molecule has 0 spiro atoms. The van der Waals surface area contributed by atoms with Crippen molar-refractivity contribution in [3.05, 3.63) is 109 Å². The number of carbonyl (C=O) groups excluding carboxylic acids is 1. The SMILES string of the molecule is CC/C=C\C/C=C\C/C=C\C/C=C\C/C=C\C/C=C\C/C=C\C/C=C\CCCCCCCCCCCCCCCCCCC(=O)NC(COP(=O)(O)OCC[N+](C)(C)C)C(O)/C=C/CCCC. The highest BCUT2D eigenvalue weighted by Crippen LogP contribution is 2.43. The Morgan fingerprint density at radius 2 is 0.896 bits per heavy atom. The largest absolute Gasteiger partial charge is 0.472 e. The molecule has 0 rings (SSSR count). The number of allylic oxidation sites excluding steroid dienone is 17. The van der Waals surface area contributed by atoms with Gasteiger partial charge in [-0.2, -0.15) is 0 Å². The number of aliphatic hydroxyl groups is 1. The van der Waals surface area contributed by atoms with Crippen LogP contribution in [0.3, 0.4) is 0 Å². The summed E-state index contributed by atoms with van der Waals surface area (Å²) in [5, 5.41) is 13.6. The van der Waals surface area contributed by atoms with E-state index in [4.69, 9.17) is 9.05 Å². The maximum absolute atomic E-state index is 12.8. The molecule has 67 heavy (non-hydrogen) atoms. The lowest BCUT2D eigenvalue weighted by Crippen LogP contribution is -2.45. The molecule has 8 nitrogen and oxygen atoms in total. The highest BCUT2D eigenvalue weighted by molar-refractivity contribution is 7.47. The number of phosphoric acid groups is 1. The number of nitrogens with zero attached hydrogens (tertiary/aromatic N) is 1. The number of rotatable bonds is 47. The van der Waals surface area contributed by atoms with Crippen molar-refractivity contribution in [2.24, 2.45) is 0 Å². The molecule has 0 heterocycles. The van der Waals surface area contributed by atoms with E-state index in [1.54, 1.807) is 6.08 Å². The van der Waals surface area contributed by atoms with Gasteiger partial charge in [0.05, 0.1) is 39.9 Å². The number of nitrogens with one attached hydrogen (secondary N) is 1. The lowest BCUT2D eigenvalue weighted by molar-refractivity contribution is -0.870. The van der Waals surface area contributed by atoms with E-state index in [9.17, 15) is 19.4 Å². The number of carbonyl (C=O) groups is 1. The van der Waals surface area contributed by atoms with Gasteiger partial charge in [-0.05, 0) is 77.0 Å². The van der Waals surface area contributed by atoms with Crippen molar-refractivity contribution in [3.8, 4) is 0 Å². The van der Waals surface area contributed by atoms with Crippen LogP contribution < -0.4 is 5.32 Å². The van der Waals surface area contributed by atoms with Crippen LogP contribution in [0.5, 0.6) is 0 Å². The minimum Gasteiger partial charge on any atom is -0.387 e. The molecule has 0 saturated heterocycles. The van der Waals surface area contributed by atoms with Crippen LogP contribution >= 0.6 is 7.82 Å². The molecule has 9 heteroatoms. The van der Waals surface area contributed by atoms with Gasteiger partial charge >= 0.3 is 7.82 Å². The summed E-state index contributed by atoms with van der Waals surface area (Å²) in [6.07, 6.45) is 71.3. The Morgan fingerprint density at radius 1 is 0.522 bits per heavy atom. The molecule has 0 aliphatic carbocycles. The average molecular weight is 954 g/mol. The van der Waals surface area contributed by atoms with E-state index in [2.05, 4.69) is 116 Å². The van der Waals surface area contributed by atoms with Gasteiger partial charge in [0, 0.05) is 6.42 Å². The van der Waals surface area contributed by atoms with Crippen molar-refractivity contribution < 1.29 is 32.9 Å². The summed E-state index contributed by atoms with van der Waals surface area (Å²) in [7, 11) is 1.56. The van der Waals surface area contributed by atoms with Crippen LogP contribution in [0.4, 0.5) is 0 Å². The molecule has 1 amide bonds. The third-order valence-electron chi connectivity index (χ3n) is 11.2. The predicted octanol–water partition coefficient (Wildman–Crippen LogP) is 16.0. The second-order valence-electron chi connectivity index (χ2n) is 18.9. The number of hydrogen-bond donors (Lipinski definition) is 3. The molecule has 0 fully saturated rings. The van der Waals surface area contributed by atoms with Gasteiger partial charge in [-0.3, -0.25) is 13.8 Å². The monoisotopic (exact) mass is 954 g/mol. The van der Waals surface area contributed by atoms with Gasteiger partial charge in [0.15, 0.2) is 0 Å². The second kappa shape index (κ2) is 48.2. The maximum Gasteiger partial charge on any atom is 0.472 e. The van der Waals surface area contributed by atoms with Gasteiger partial charge in [0.25, 0.3) is 0 Å². The minimum absolute atomic E-state index is 0.0569. The Morgan fingerprint density at radius 3 is 1.30 bits per heavy atom.